The highest BCUT2D eigenvalue weighted by Crippen LogP contribution is 2.18. The second-order valence-electron chi connectivity index (χ2n) is 3.50. The van der Waals surface area contributed by atoms with E-state index in [1.807, 2.05) is 4.72 Å². The first-order valence-corrected chi connectivity index (χ1v) is 6.14. The Balaban J connectivity index is 3.26. The van der Waals surface area contributed by atoms with Gasteiger partial charge in [-0.1, -0.05) is 0 Å². The number of benzene rings is 1. The highest BCUT2D eigenvalue weighted by molar-refractivity contribution is 7.89. The van der Waals surface area contributed by atoms with E-state index < -0.39 is 32.6 Å². The van der Waals surface area contributed by atoms with Crippen molar-refractivity contribution in [2.75, 3.05) is 0 Å². The average Bonchev–Trinajstić information content (AvgIpc) is 2.22. The second kappa shape index (κ2) is 4.77. The fourth-order valence-corrected chi connectivity index (χ4v) is 2.38. The standard InChI is InChI=1S/C10H10F2N2O2S/c1-6-3-9(12)10(4-8(6)11)17(15,16)14-7(2)5-13/h3-4,7,14H,1-2H3/t7-/m0/s1. The maximum Gasteiger partial charge on any atom is 0.244 e. The van der Waals surface area contributed by atoms with E-state index in [0.717, 1.165) is 6.07 Å². The van der Waals surface area contributed by atoms with E-state index in [9.17, 15) is 17.2 Å². The van der Waals surface area contributed by atoms with Gasteiger partial charge in [-0.2, -0.15) is 9.98 Å². The van der Waals surface area contributed by atoms with Crippen LogP contribution >= 0.6 is 0 Å². The van der Waals surface area contributed by atoms with Gasteiger partial charge >= 0.3 is 0 Å². The molecular weight excluding hydrogens is 250 g/mol. The molecule has 4 nitrogen and oxygen atoms in total. The zero-order valence-electron chi connectivity index (χ0n) is 9.16. The number of nitrogens with zero attached hydrogens (tertiary/aromatic N) is 1. The first-order chi connectivity index (χ1) is 7.77. The molecule has 7 heteroatoms. The second-order valence-corrected chi connectivity index (χ2v) is 5.19. The number of halogens is 2. The van der Waals surface area contributed by atoms with Gasteiger partial charge in [-0.3, -0.25) is 0 Å². The number of aryl methyl sites for hydroxylation is 1. The lowest BCUT2D eigenvalue weighted by atomic mass is 10.2. The van der Waals surface area contributed by atoms with Gasteiger partial charge in [-0.25, -0.2) is 17.2 Å². The Hall–Kier alpha value is -1.52. The molecule has 0 aliphatic rings. The number of nitriles is 1. The predicted molar refractivity (Wildman–Crippen MR) is 56.5 cm³/mol. The molecule has 1 aromatic carbocycles. The third-order valence-electron chi connectivity index (χ3n) is 2.03. The average molecular weight is 260 g/mol. The van der Waals surface area contributed by atoms with E-state index in [2.05, 4.69) is 0 Å². The molecule has 0 aliphatic heterocycles. The molecule has 0 aliphatic carbocycles. The van der Waals surface area contributed by atoms with Gasteiger partial charge in [0.25, 0.3) is 0 Å². The van der Waals surface area contributed by atoms with Crippen LogP contribution < -0.4 is 4.72 Å². The van der Waals surface area contributed by atoms with E-state index in [-0.39, 0.29) is 5.56 Å². The van der Waals surface area contributed by atoms with E-state index in [1.54, 1.807) is 6.07 Å². The van der Waals surface area contributed by atoms with Crippen LogP contribution in [0.5, 0.6) is 0 Å². The molecule has 0 spiro atoms. The third-order valence-corrected chi connectivity index (χ3v) is 3.58. The zero-order valence-corrected chi connectivity index (χ0v) is 9.98. The van der Waals surface area contributed by atoms with Crippen molar-refractivity contribution < 1.29 is 17.2 Å². The highest BCUT2D eigenvalue weighted by Gasteiger charge is 2.22. The Morgan fingerprint density at radius 1 is 1.35 bits per heavy atom. The first-order valence-electron chi connectivity index (χ1n) is 4.65. The summed E-state index contributed by atoms with van der Waals surface area (Å²) in [4.78, 5) is -0.803. The number of rotatable bonds is 3. The minimum Gasteiger partial charge on any atom is -0.207 e. The number of hydrogen-bond acceptors (Lipinski definition) is 3. The van der Waals surface area contributed by atoms with E-state index in [1.165, 1.54) is 13.8 Å². The van der Waals surface area contributed by atoms with Crippen LogP contribution in [0.2, 0.25) is 0 Å². The molecular formula is C10H10F2N2O2S. The molecule has 0 saturated heterocycles. The Bertz CT molecular complexity index is 579. The fraction of sp³-hybridized carbons (Fsp3) is 0.300. The van der Waals surface area contributed by atoms with Crippen LogP contribution in [0.15, 0.2) is 17.0 Å². The minimum absolute atomic E-state index is 0.00906. The first kappa shape index (κ1) is 13.5. The number of sulfonamides is 1. The molecule has 0 radical (unpaired) electrons. The van der Waals surface area contributed by atoms with Gasteiger partial charge in [0.05, 0.1) is 6.07 Å². The normalized spacial score (nSPS) is 13.1. The van der Waals surface area contributed by atoms with E-state index in [0.29, 0.717) is 6.07 Å². The zero-order chi connectivity index (χ0) is 13.2. The SMILES string of the molecule is Cc1cc(F)c(S(=O)(=O)N[C@@H](C)C#N)cc1F. The third kappa shape index (κ3) is 2.99. The molecule has 1 aromatic rings. The van der Waals surface area contributed by atoms with Gasteiger partial charge in [0.2, 0.25) is 10.0 Å². The van der Waals surface area contributed by atoms with Crippen LogP contribution in [0.4, 0.5) is 8.78 Å². The molecule has 0 amide bonds. The van der Waals surface area contributed by atoms with Crippen LogP contribution in [0.1, 0.15) is 12.5 Å². The molecule has 1 rings (SSSR count). The fourth-order valence-electron chi connectivity index (χ4n) is 1.16. The minimum atomic E-state index is -4.23. The van der Waals surface area contributed by atoms with Crippen LogP contribution in [-0.4, -0.2) is 14.5 Å². The van der Waals surface area contributed by atoms with Crippen molar-refractivity contribution in [1.29, 1.82) is 5.26 Å². The molecule has 1 atom stereocenters. The molecule has 0 saturated carbocycles. The maximum atomic E-state index is 13.4. The Labute approximate surface area is 97.9 Å². The molecule has 0 fully saturated rings. The van der Waals surface area contributed by atoms with Gasteiger partial charge in [0.15, 0.2) is 0 Å². The summed E-state index contributed by atoms with van der Waals surface area (Å²) in [5, 5.41) is 8.47. The molecule has 92 valence electrons. The van der Waals surface area contributed by atoms with Crippen molar-refractivity contribution in [1.82, 2.24) is 4.72 Å². The van der Waals surface area contributed by atoms with Crippen molar-refractivity contribution >= 4 is 10.0 Å². The van der Waals surface area contributed by atoms with Gasteiger partial charge in [-0.15, -0.1) is 0 Å². The predicted octanol–water partition coefficient (Wildman–Crippen LogP) is 1.46. The van der Waals surface area contributed by atoms with Crippen molar-refractivity contribution in [2.24, 2.45) is 0 Å². The van der Waals surface area contributed by atoms with Crippen molar-refractivity contribution in [3.8, 4) is 6.07 Å². The molecule has 0 heterocycles. The van der Waals surface area contributed by atoms with Gasteiger partial charge < -0.3 is 0 Å². The molecule has 0 aromatic heterocycles. The lowest BCUT2D eigenvalue weighted by molar-refractivity contribution is 0.540. The summed E-state index contributed by atoms with van der Waals surface area (Å²) in [7, 11) is -4.23. The molecule has 0 bridgehead atoms. The molecule has 17 heavy (non-hydrogen) atoms. The summed E-state index contributed by atoms with van der Waals surface area (Å²) >= 11 is 0. The van der Waals surface area contributed by atoms with Gasteiger partial charge in [-0.05, 0) is 31.5 Å². The van der Waals surface area contributed by atoms with Crippen molar-refractivity contribution in [2.45, 2.75) is 24.8 Å². The van der Waals surface area contributed by atoms with E-state index >= 15 is 0 Å². The molecule has 1 N–H and O–H groups in total. The monoisotopic (exact) mass is 260 g/mol. The highest BCUT2D eigenvalue weighted by atomic mass is 32.2. The van der Waals surface area contributed by atoms with E-state index in [4.69, 9.17) is 5.26 Å². The lowest BCUT2D eigenvalue weighted by Gasteiger charge is -2.09. The summed E-state index contributed by atoms with van der Waals surface area (Å²) in [6, 6.07) is 1.99. The van der Waals surface area contributed by atoms with Crippen molar-refractivity contribution in [3.63, 3.8) is 0 Å². The summed E-state index contributed by atoms with van der Waals surface area (Å²) in [6.45, 7) is 2.61. The Morgan fingerprint density at radius 2 is 1.94 bits per heavy atom. The summed E-state index contributed by atoms with van der Waals surface area (Å²) in [5.74, 6) is -1.88. The summed E-state index contributed by atoms with van der Waals surface area (Å²) < 4.78 is 51.7. The Kier molecular flexibility index (Phi) is 3.80. The number of nitrogens with one attached hydrogen (secondary N) is 1. The number of hydrogen-bond donors (Lipinski definition) is 1. The van der Waals surface area contributed by atoms with Crippen LogP contribution in [0.25, 0.3) is 0 Å². The van der Waals surface area contributed by atoms with Crippen LogP contribution in [0, 0.1) is 29.9 Å². The smallest absolute Gasteiger partial charge is 0.207 e. The van der Waals surface area contributed by atoms with Crippen LogP contribution in [-0.2, 0) is 10.0 Å². The maximum absolute atomic E-state index is 13.4. The quantitative estimate of drug-likeness (QED) is 0.894. The Morgan fingerprint density at radius 3 is 2.47 bits per heavy atom. The topological polar surface area (TPSA) is 70.0 Å². The van der Waals surface area contributed by atoms with Crippen molar-refractivity contribution in [3.05, 3.63) is 29.3 Å². The van der Waals surface area contributed by atoms with Gasteiger partial charge in [0, 0.05) is 0 Å². The van der Waals surface area contributed by atoms with Gasteiger partial charge in [0.1, 0.15) is 22.6 Å². The largest absolute Gasteiger partial charge is 0.244 e. The summed E-state index contributed by atoms with van der Waals surface area (Å²) in [5.41, 5.74) is 0.00906. The summed E-state index contributed by atoms with van der Waals surface area (Å²) in [6.07, 6.45) is 0. The van der Waals surface area contributed by atoms with Crippen LogP contribution in [0.3, 0.4) is 0 Å². The molecule has 0 unspecified atom stereocenters. The lowest BCUT2D eigenvalue weighted by Crippen LogP contribution is -2.32.